The molecule has 0 amide bonds. The van der Waals surface area contributed by atoms with E-state index in [-0.39, 0.29) is 10.8 Å². The zero-order valence-electron chi connectivity index (χ0n) is 11.9. The first-order valence-corrected chi connectivity index (χ1v) is 6.60. The molecule has 1 N–H and O–H groups in total. The number of nitrogens with zero attached hydrogens (tertiary/aromatic N) is 3. The number of hydrogen-bond acceptors (Lipinski definition) is 4. The predicted octanol–water partition coefficient (Wildman–Crippen LogP) is 3.00. The lowest BCUT2D eigenvalue weighted by Crippen LogP contribution is -2.21. The summed E-state index contributed by atoms with van der Waals surface area (Å²) in [5.41, 5.74) is 0.245. The predicted molar refractivity (Wildman–Crippen MR) is 78.6 cm³/mol. The molecule has 0 radical (unpaired) electrons. The van der Waals surface area contributed by atoms with E-state index in [1.807, 2.05) is 25.1 Å². The van der Waals surface area contributed by atoms with E-state index in [1.54, 1.807) is 6.20 Å². The van der Waals surface area contributed by atoms with Crippen molar-refractivity contribution in [3.05, 3.63) is 12.3 Å². The van der Waals surface area contributed by atoms with Gasteiger partial charge in [0.25, 0.3) is 0 Å². The Labute approximate surface area is 115 Å². The second-order valence-corrected chi connectivity index (χ2v) is 6.50. The van der Waals surface area contributed by atoms with Crippen LogP contribution in [-0.2, 0) is 0 Å². The molecule has 5 heteroatoms. The van der Waals surface area contributed by atoms with Crippen molar-refractivity contribution in [1.82, 2.24) is 9.97 Å². The van der Waals surface area contributed by atoms with Gasteiger partial charge in [0.05, 0.1) is 5.38 Å². The number of halogens is 1. The molecule has 4 nitrogen and oxygen atoms in total. The molecule has 1 aromatic heterocycles. The molecule has 0 aliphatic heterocycles. The van der Waals surface area contributed by atoms with Crippen LogP contribution < -0.4 is 10.2 Å². The van der Waals surface area contributed by atoms with Crippen molar-refractivity contribution < 1.29 is 0 Å². The summed E-state index contributed by atoms with van der Waals surface area (Å²) in [7, 11) is 3.84. The molecular formula is C13H23ClN4. The van der Waals surface area contributed by atoms with Gasteiger partial charge in [0.15, 0.2) is 0 Å². The maximum absolute atomic E-state index is 6.30. The molecule has 0 aromatic carbocycles. The Bertz CT molecular complexity index is 373. The third kappa shape index (κ3) is 5.54. The van der Waals surface area contributed by atoms with E-state index in [0.717, 1.165) is 12.2 Å². The second-order valence-electron chi connectivity index (χ2n) is 5.88. The first-order valence-electron chi connectivity index (χ1n) is 6.16. The largest absolute Gasteiger partial charge is 0.368 e. The van der Waals surface area contributed by atoms with Crippen LogP contribution in [0.1, 0.15) is 27.2 Å². The van der Waals surface area contributed by atoms with Gasteiger partial charge in [-0.1, -0.05) is 20.8 Å². The zero-order valence-corrected chi connectivity index (χ0v) is 12.6. The van der Waals surface area contributed by atoms with E-state index in [1.165, 1.54) is 0 Å². The highest BCUT2D eigenvalue weighted by atomic mass is 35.5. The summed E-state index contributed by atoms with van der Waals surface area (Å²) in [5, 5.41) is 3.35. The minimum atomic E-state index is 0.0998. The normalized spacial score (nSPS) is 13.2. The fraction of sp³-hybridized carbons (Fsp3) is 0.692. The highest BCUT2D eigenvalue weighted by Gasteiger charge is 2.16. The average Bonchev–Trinajstić information content (AvgIpc) is 2.24. The monoisotopic (exact) mass is 270 g/mol. The van der Waals surface area contributed by atoms with Crippen LogP contribution in [0.25, 0.3) is 0 Å². The van der Waals surface area contributed by atoms with E-state index >= 15 is 0 Å². The van der Waals surface area contributed by atoms with Crippen molar-refractivity contribution in [2.24, 2.45) is 5.41 Å². The van der Waals surface area contributed by atoms with Crippen LogP contribution in [0.4, 0.5) is 11.8 Å². The quantitative estimate of drug-likeness (QED) is 0.835. The molecular weight excluding hydrogens is 248 g/mol. The van der Waals surface area contributed by atoms with Crippen LogP contribution >= 0.6 is 11.6 Å². The van der Waals surface area contributed by atoms with Crippen LogP contribution in [0.3, 0.4) is 0 Å². The Balaban J connectivity index is 2.51. The molecule has 0 saturated carbocycles. The number of alkyl halides is 1. The molecule has 1 unspecified atom stereocenters. The Kier molecular flexibility index (Phi) is 5.20. The van der Waals surface area contributed by atoms with Gasteiger partial charge in [-0.2, -0.15) is 4.98 Å². The van der Waals surface area contributed by atoms with Crippen molar-refractivity contribution in [2.45, 2.75) is 32.6 Å². The van der Waals surface area contributed by atoms with Gasteiger partial charge in [-0.05, 0) is 17.9 Å². The molecule has 0 bridgehead atoms. The van der Waals surface area contributed by atoms with Gasteiger partial charge in [-0.25, -0.2) is 4.98 Å². The van der Waals surface area contributed by atoms with Crippen LogP contribution in [-0.4, -0.2) is 36.0 Å². The van der Waals surface area contributed by atoms with Gasteiger partial charge in [0.2, 0.25) is 5.95 Å². The third-order valence-electron chi connectivity index (χ3n) is 2.38. The van der Waals surface area contributed by atoms with Gasteiger partial charge in [-0.3, -0.25) is 0 Å². The van der Waals surface area contributed by atoms with Gasteiger partial charge >= 0.3 is 0 Å². The number of rotatable bonds is 5. The first kappa shape index (κ1) is 15.0. The molecule has 1 heterocycles. The van der Waals surface area contributed by atoms with E-state index < -0.39 is 0 Å². The molecule has 0 aliphatic carbocycles. The van der Waals surface area contributed by atoms with Crippen LogP contribution in [0.15, 0.2) is 12.3 Å². The lowest BCUT2D eigenvalue weighted by atomic mass is 9.90. The average molecular weight is 271 g/mol. The molecule has 0 saturated heterocycles. The Hall–Kier alpha value is -1.03. The Morgan fingerprint density at radius 2 is 2.06 bits per heavy atom. The van der Waals surface area contributed by atoms with Gasteiger partial charge < -0.3 is 10.2 Å². The standard InChI is InChI=1S/C13H23ClN4/c1-13(2,3)8-10(14)9-16-11-6-7-15-12(17-11)18(4)5/h6-7,10H,8-9H2,1-5H3,(H,15,16,17). The zero-order chi connectivity index (χ0) is 13.8. The van der Waals surface area contributed by atoms with E-state index in [2.05, 4.69) is 36.1 Å². The molecule has 0 spiro atoms. The summed E-state index contributed by atoms with van der Waals surface area (Å²) in [6.07, 6.45) is 2.71. The van der Waals surface area contributed by atoms with Gasteiger partial charge in [-0.15, -0.1) is 11.6 Å². The van der Waals surface area contributed by atoms with Crippen LogP contribution in [0.2, 0.25) is 0 Å². The fourth-order valence-corrected chi connectivity index (χ4v) is 2.15. The SMILES string of the molecule is CN(C)c1nccc(NCC(Cl)CC(C)(C)C)n1. The fourth-order valence-electron chi connectivity index (χ4n) is 1.61. The molecule has 102 valence electrons. The number of aromatic nitrogens is 2. The number of anilines is 2. The number of nitrogens with one attached hydrogen (secondary N) is 1. The van der Waals surface area contributed by atoms with Crippen molar-refractivity contribution in [3.8, 4) is 0 Å². The maximum atomic E-state index is 6.30. The van der Waals surface area contributed by atoms with E-state index in [0.29, 0.717) is 12.5 Å². The third-order valence-corrected chi connectivity index (χ3v) is 2.69. The summed E-state index contributed by atoms with van der Waals surface area (Å²) in [4.78, 5) is 10.4. The maximum Gasteiger partial charge on any atom is 0.226 e. The number of hydrogen-bond donors (Lipinski definition) is 1. The lowest BCUT2D eigenvalue weighted by molar-refractivity contribution is 0.373. The molecule has 1 rings (SSSR count). The first-order chi connectivity index (χ1) is 8.28. The second kappa shape index (κ2) is 6.23. The van der Waals surface area contributed by atoms with Crippen molar-refractivity contribution in [1.29, 1.82) is 0 Å². The summed E-state index contributed by atoms with van der Waals surface area (Å²) >= 11 is 6.30. The van der Waals surface area contributed by atoms with Gasteiger partial charge in [0.1, 0.15) is 5.82 Å². The minimum absolute atomic E-state index is 0.0998. The molecule has 18 heavy (non-hydrogen) atoms. The molecule has 1 aromatic rings. The smallest absolute Gasteiger partial charge is 0.226 e. The summed E-state index contributed by atoms with van der Waals surface area (Å²) < 4.78 is 0. The van der Waals surface area contributed by atoms with Crippen molar-refractivity contribution in [2.75, 3.05) is 30.9 Å². The lowest BCUT2D eigenvalue weighted by Gasteiger charge is -2.22. The Morgan fingerprint density at radius 3 is 2.61 bits per heavy atom. The van der Waals surface area contributed by atoms with Gasteiger partial charge in [0, 0.05) is 26.8 Å². The van der Waals surface area contributed by atoms with Crippen LogP contribution in [0.5, 0.6) is 0 Å². The summed E-state index contributed by atoms with van der Waals surface area (Å²) in [6, 6.07) is 1.85. The van der Waals surface area contributed by atoms with E-state index in [9.17, 15) is 0 Å². The Morgan fingerprint density at radius 1 is 1.39 bits per heavy atom. The highest BCUT2D eigenvalue weighted by molar-refractivity contribution is 6.20. The topological polar surface area (TPSA) is 41.1 Å². The van der Waals surface area contributed by atoms with Crippen LogP contribution in [0, 0.1) is 5.41 Å². The minimum Gasteiger partial charge on any atom is -0.368 e. The molecule has 0 fully saturated rings. The molecule has 1 atom stereocenters. The van der Waals surface area contributed by atoms with E-state index in [4.69, 9.17) is 11.6 Å². The summed E-state index contributed by atoms with van der Waals surface area (Å²) in [6.45, 7) is 7.29. The summed E-state index contributed by atoms with van der Waals surface area (Å²) in [5.74, 6) is 1.51. The van der Waals surface area contributed by atoms with Crippen molar-refractivity contribution in [3.63, 3.8) is 0 Å². The molecule has 0 aliphatic rings. The highest BCUT2D eigenvalue weighted by Crippen LogP contribution is 2.23. The van der Waals surface area contributed by atoms with Crippen molar-refractivity contribution >= 4 is 23.4 Å².